The van der Waals surface area contributed by atoms with Crippen LogP contribution in [-0.2, 0) is 19.1 Å². The van der Waals surface area contributed by atoms with Gasteiger partial charge in [0, 0.05) is 65.5 Å². The molecule has 0 spiro atoms. The lowest BCUT2D eigenvalue weighted by molar-refractivity contribution is -0.124. The van der Waals surface area contributed by atoms with Crippen molar-refractivity contribution in [2.45, 2.75) is 34.6 Å². The topological polar surface area (TPSA) is 65.6 Å². The van der Waals surface area contributed by atoms with E-state index in [-0.39, 0.29) is 18.4 Å². The second-order valence-corrected chi connectivity index (χ2v) is 15.9. The van der Waals surface area contributed by atoms with Gasteiger partial charge in [0.25, 0.3) is 11.8 Å². The molecule has 2 aliphatic rings. The van der Waals surface area contributed by atoms with Crippen molar-refractivity contribution in [1.29, 1.82) is 0 Å². The molecule has 0 atom stereocenters. The first-order valence-electron chi connectivity index (χ1n) is 21.2. The summed E-state index contributed by atoms with van der Waals surface area (Å²) in [6.45, 7) is 12.3. The first-order valence-corrected chi connectivity index (χ1v) is 21.6. The molecule has 2 aliphatic heterocycles. The van der Waals surface area contributed by atoms with E-state index in [1.807, 2.05) is 74.5 Å². The van der Waals surface area contributed by atoms with E-state index < -0.39 is 0 Å². The predicted molar refractivity (Wildman–Crippen MR) is 252 cm³/mol. The van der Waals surface area contributed by atoms with Crippen LogP contribution in [0.4, 0.5) is 34.1 Å². The number of amides is 2. The number of benzene rings is 6. The van der Waals surface area contributed by atoms with Crippen molar-refractivity contribution >= 4 is 68.9 Å². The van der Waals surface area contributed by atoms with E-state index >= 15 is 0 Å². The second kappa shape index (κ2) is 18.7. The molecule has 6 aromatic rings. The van der Waals surface area contributed by atoms with Gasteiger partial charge in [0.1, 0.15) is 0 Å². The lowest BCUT2D eigenvalue weighted by Gasteiger charge is -2.28. The second-order valence-electron chi connectivity index (χ2n) is 15.5. The highest BCUT2D eigenvalue weighted by Crippen LogP contribution is 2.47. The lowest BCUT2D eigenvalue weighted by atomic mass is 10.0. The van der Waals surface area contributed by atoms with Gasteiger partial charge >= 0.3 is 0 Å². The van der Waals surface area contributed by atoms with Crippen molar-refractivity contribution in [3.05, 3.63) is 190 Å². The van der Waals surface area contributed by atoms with Gasteiger partial charge < -0.3 is 29.1 Å². The maximum Gasteiger partial charge on any atom is 0.261 e. The number of hydrogen-bond acceptors (Lipinski definition) is 6. The molecule has 62 heavy (non-hydrogen) atoms. The Balaban J connectivity index is 1.24. The Kier molecular flexibility index (Phi) is 12.7. The van der Waals surface area contributed by atoms with Crippen molar-refractivity contribution in [3.8, 4) is 0 Å². The summed E-state index contributed by atoms with van der Waals surface area (Å²) in [6, 6.07) is 49.2. The highest BCUT2D eigenvalue weighted by atomic mass is 35.5. The number of carbonyl (C=O) groups excluding carboxylic acids is 2. The van der Waals surface area contributed by atoms with E-state index in [1.54, 1.807) is 9.80 Å². The van der Waals surface area contributed by atoms with Gasteiger partial charge in [-0.3, -0.25) is 9.59 Å². The molecular formula is C53H51ClN4O4. The summed E-state index contributed by atoms with van der Waals surface area (Å²) < 4.78 is 11.6. The SMILES string of the molecule is CCOCCN1C(=O)C2=C(c3ccc(N(c4ccc(C)cc4)c4ccc(Cl)cc4)cc3)N(CCOCC)C(=O)C2=C1c1ccc(N(c2ccc(C)cc2)c2ccc(C)cc2)cc1. The average molecular weight is 843 g/mol. The summed E-state index contributed by atoms with van der Waals surface area (Å²) in [5, 5.41) is 0.654. The third-order valence-electron chi connectivity index (χ3n) is 11.3. The van der Waals surface area contributed by atoms with E-state index in [9.17, 15) is 9.59 Å². The highest BCUT2D eigenvalue weighted by Gasteiger charge is 2.48. The molecule has 314 valence electrons. The molecule has 8 rings (SSSR count). The molecule has 2 amide bonds. The molecule has 0 unspecified atom stereocenters. The normalized spacial score (nSPS) is 13.7. The average Bonchev–Trinajstić information content (AvgIpc) is 3.73. The summed E-state index contributed by atoms with van der Waals surface area (Å²) in [5.74, 6) is -0.456. The Bertz CT molecular complexity index is 2330. The Hall–Kier alpha value is -6.45. The van der Waals surface area contributed by atoms with Crippen molar-refractivity contribution in [2.75, 3.05) is 49.3 Å². The van der Waals surface area contributed by atoms with Gasteiger partial charge in [0.15, 0.2) is 0 Å². The zero-order valence-corrected chi connectivity index (χ0v) is 36.7. The van der Waals surface area contributed by atoms with E-state index in [0.717, 1.165) is 50.8 Å². The summed E-state index contributed by atoms with van der Waals surface area (Å²) >= 11 is 6.31. The molecule has 0 fully saturated rings. The zero-order chi connectivity index (χ0) is 43.3. The predicted octanol–water partition coefficient (Wildman–Crippen LogP) is 12.1. The third-order valence-corrected chi connectivity index (χ3v) is 11.5. The number of nitrogens with zero attached hydrogens (tertiary/aromatic N) is 4. The third kappa shape index (κ3) is 8.55. The number of ether oxygens (including phenoxy) is 2. The van der Waals surface area contributed by atoms with E-state index in [4.69, 9.17) is 21.1 Å². The quantitative estimate of drug-likeness (QED) is 0.0904. The van der Waals surface area contributed by atoms with E-state index in [0.29, 0.717) is 60.5 Å². The largest absolute Gasteiger partial charge is 0.380 e. The lowest BCUT2D eigenvalue weighted by Crippen LogP contribution is -2.33. The van der Waals surface area contributed by atoms with Crippen molar-refractivity contribution in [3.63, 3.8) is 0 Å². The minimum atomic E-state index is -0.228. The minimum absolute atomic E-state index is 0.228. The Labute approximate surface area is 369 Å². The Morgan fingerprint density at radius 3 is 1.00 bits per heavy atom. The molecule has 2 heterocycles. The molecule has 8 nitrogen and oxygen atoms in total. The van der Waals surface area contributed by atoms with Gasteiger partial charge in [-0.25, -0.2) is 0 Å². The van der Waals surface area contributed by atoms with Crippen LogP contribution in [0.2, 0.25) is 5.02 Å². The summed E-state index contributed by atoms with van der Waals surface area (Å²) in [7, 11) is 0. The molecule has 0 aromatic heterocycles. The standard InChI is InChI=1S/C53H51ClN4O4/c1-6-61-34-32-55-50(39-14-26-45(27-15-39)57(42-20-8-36(3)9-21-42)43-22-10-37(4)11-23-43)48-49(53(55)60)51(56(52(48)59)33-35-62-7-2)40-16-28-46(29-17-40)58(44-24-12-38(5)13-25-44)47-30-18-41(54)19-31-47/h8-31H,6-7,32-35H2,1-5H3. The smallest absolute Gasteiger partial charge is 0.261 e. The van der Waals surface area contributed by atoms with Crippen molar-refractivity contribution in [1.82, 2.24) is 9.80 Å². The number of halogens is 1. The number of fused-ring (bicyclic) bond motifs is 1. The van der Waals surface area contributed by atoms with E-state index in [2.05, 4.69) is 116 Å². The fraction of sp³-hybridized carbons (Fsp3) is 0.208. The summed E-state index contributed by atoms with van der Waals surface area (Å²) in [4.78, 5) is 37.6. The monoisotopic (exact) mass is 842 g/mol. The number of anilines is 6. The van der Waals surface area contributed by atoms with Gasteiger partial charge in [-0.2, -0.15) is 0 Å². The van der Waals surface area contributed by atoms with Gasteiger partial charge in [-0.05, 0) is 131 Å². The summed E-state index contributed by atoms with van der Waals surface area (Å²) in [6.07, 6.45) is 0. The maximum absolute atomic E-state index is 14.9. The molecule has 0 N–H and O–H groups in total. The summed E-state index contributed by atoms with van der Waals surface area (Å²) in [5.41, 5.74) is 12.8. The highest BCUT2D eigenvalue weighted by molar-refractivity contribution is 6.31. The molecule has 9 heteroatoms. The minimum Gasteiger partial charge on any atom is -0.380 e. The number of carbonyl (C=O) groups is 2. The Morgan fingerprint density at radius 1 is 0.435 bits per heavy atom. The molecule has 0 bridgehead atoms. The van der Waals surface area contributed by atoms with Gasteiger partial charge in [-0.1, -0.05) is 89.0 Å². The number of rotatable bonds is 16. The van der Waals surface area contributed by atoms with Crippen LogP contribution in [0.5, 0.6) is 0 Å². The molecule has 0 saturated carbocycles. The van der Waals surface area contributed by atoms with E-state index in [1.165, 1.54) is 11.1 Å². The van der Waals surface area contributed by atoms with Crippen LogP contribution in [0.3, 0.4) is 0 Å². The van der Waals surface area contributed by atoms with Crippen molar-refractivity contribution in [2.24, 2.45) is 0 Å². The van der Waals surface area contributed by atoms with Crippen LogP contribution in [0, 0.1) is 20.8 Å². The number of hydrogen-bond donors (Lipinski definition) is 0. The number of aryl methyl sites for hydroxylation is 3. The maximum atomic E-state index is 14.9. The zero-order valence-electron chi connectivity index (χ0n) is 35.9. The molecule has 0 saturated heterocycles. The van der Waals surface area contributed by atoms with Gasteiger partial charge in [0.2, 0.25) is 0 Å². The molecular weight excluding hydrogens is 792 g/mol. The first kappa shape index (κ1) is 42.2. The van der Waals surface area contributed by atoms with Crippen molar-refractivity contribution < 1.29 is 19.1 Å². The fourth-order valence-corrected chi connectivity index (χ4v) is 8.25. The molecule has 0 radical (unpaired) electrons. The molecule has 6 aromatic carbocycles. The molecule has 0 aliphatic carbocycles. The van der Waals surface area contributed by atoms with Gasteiger partial charge in [-0.15, -0.1) is 0 Å². The van der Waals surface area contributed by atoms with Crippen LogP contribution < -0.4 is 9.80 Å². The van der Waals surface area contributed by atoms with Crippen LogP contribution in [-0.4, -0.2) is 61.1 Å². The van der Waals surface area contributed by atoms with Crippen LogP contribution >= 0.6 is 11.6 Å². The van der Waals surface area contributed by atoms with Gasteiger partial charge in [0.05, 0.1) is 35.8 Å². The van der Waals surface area contributed by atoms with Crippen LogP contribution in [0.1, 0.15) is 41.7 Å². The van der Waals surface area contributed by atoms with Crippen LogP contribution in [0.15, 0.2) is 157 Å². The Morgan fingerprint density at radius 2 is 0.710 bits per heavy atom. The van der Waals surface area contributed by atoms with Crippen LogP contribution in [0.25, 0.3) is 11.4 Å². The first-order chi connectivity index (χ1) is 30.2. The fourth-order valence-electron chi connectivity index (χ4n) is 8.13.